The molecule has 2 aliphatic rings. The summed E-state index contributed by atoms with van der Waals surface area (Å²) in [5, 5.41) is 3.45. The van der Waals surface area contributed by atoms with Crippen LogP contribution in [-0.4, -0.2) is 19.1 Å². The number of carbonyl (C=O) groups excluding carboxylic acids is 1. The Bertz CT molecular complexity index is 818. The zero-order valence-electron chi connectivity index (χ0n) is 13.5. The lowest BCUT2D eigenvalue weighted by Crippen LogP contribution is -2.50. The van der Waals surface area contributed by atoms with Gasteiger partial charge >= 0.3 is 0 Å². The lowest BCUT2D eigenvalue weighted by Gasteiger charge is -2.43. The fourth-order valence-corrected chi connectivity index (χ4v) is 3.58. The van der Waals surface area contributed by atoms with Gasteiger partial charge in [0, 0.05) is 5.56 Å². The van der Waals surface area contributed by atoms with Crippen LogP contribution in [0.5, 0.6) is 11.5 Å². The number of ether oxygens (including phenoxy) is 2. The highest BCUT2D eigenvalue weighted by molar-refractivity contribution is 6.32. The summed E-state index contributed by atoms with van der Waals surface area (Å²) in [6, 6.07) is 9.52. The maximum atomic E-state index is 13.2. The number of hydrogen-bond acceptors (Lipinski definition) is 3. The maximum absolute atomic E-state index is 13.2. The van der Waals surface area contributed by atoms with Gasteiger partial charge in [0.15, 0.2) is 11.5 Å². The van der Waals surface area contributed by atoms with Gasteiger partial charge in [-0.1, -0.05) is 23.7 Å². The molecule has 0 atom stereocenters. The van der Waals surface area contributed by atoms with Gasteiger partial charge in [0.25, 0.3) is 5.91 Å². The van der Waals surface area contributed by atoms with Crippen LogP contribution in [0.1, 0.15) is 35.2 Å². The molecule has 0 radical (unpaired) electrons. The Balaban J connectivity index is 1.61. The van der Waals surface area contributed by atoms with Crippen LogP contribution in [0, 0.1) is 5.82 Å². The minimum atomic E-state index is -0.454. The molecule has 1 amide bonds. The molecule has 4 rings (SSSR count). The van der Waals surface area contributed by atoms with Gasteiger partial charge in [0.05, 0.1) is 10.6 Å². The van der Waals surface area contributed by atoms with E-state index in [0.29, 0.717) is 35.3 Å². The Kier molecular flexibility index (Phi) is 4.04. The van der Waals surface area contributed by atoms with Crippen molar-refractivity contribution in [3.05, 3.63) is 58.4 Å². The first-order valence-corrected chi connectivity index (χ1v) is 8.63. The number of nitrogens with one attached hydrogen (secondary N) is 1. The van der Waals surface area contributed by atoms with E-state index in [-0.39, 0.29) is 11.7 Å². The molecule has 2 aromatic rings. The fourth-order valence-electron chi connectivity index (χ4n) is 3.32. The second kappa shape index (κ2) is 6.23. The minimum absolute atomic E-state index is 0.233. The SMILES string of the molecule is O=C(NC1(c2ccc(F)cc2)CCC1)c1cc(Cl)c2c(c1)OCCO2. The topological polar surface area (TPSA) is 47.6 Å². The van der Waals surface area contributed by atoms with Gasteiger partial charge in [-0.25, -0.2) is 4.39 Å². The first-order valence-electron chi connectivity index (χ1n) is 8.25. The third kappa shape index (κ3) is 2.93. The molecule has 0 aromatic heterocycles. The molecule has 0 unspecified atom stereocenters. The predicted molar refractivity (Wildman–Crippen MR) is 91.8 cm³/mol. The number of carbonyl (C=O) groups is 1. The molecule has 0 spiro atoms. The summed E-state index contributed by atoms with van der Waals surface area (Å²) in [6.45, 7) is 0.861. The molecule has 1 fully saturated rings. The molecule has 1 N–H and O–H groups in total. The van der Waals surface area contributed by atoms with Crippen molar-refractivity contribution in [2.24, 2.45) is 0 Å². The van der Waals surface area contributed by atoms with Crippen molar-refractivity contribution in [3.63, 3.8) is 0 Å². The molecule has 1 aliphatic heterocycles. The third-order valence-electron chi connectivity index (χ3n) is 4.82. The number of hydrogen-bond donors (Lipinski definition) is 1. The molecule has 0 bridgehead atoms. The van der Waals surface area contributed by atoms with Crippen LogP contribution >= 0.6 is 11.6 Å². The van der Waals surface area contributed by atoms with Crippen molar-refractivity contribution in [1.29, 1.82) is 0 Å². The maximum Gasteiger partial charge on any atom is 0.252 e. The van der Waals surface area contributed by atoms with Crippen molar-refractivity contribution in [2.45, 2.75) is 24.8 Å². The molecule has 1 aliphatic carbocycles. The number of halogens is 2. The van der Waals surface area contributed by atoms with Gasteiger partial charge in [-0.05, 0) is 49.1 Å². The van der Waals surface area contributed by atoms with E-state index >= 15 is 0 Å². The summed E-state index contributed by atoms with van der Waals surface area (Å²) < 4.78 is 24.2. The highest BCUT2D eigenvalue weighted by Crippen LogP contribution is 2.42. The molecule has 6 heteroatoms. The summed E-state index contributed by atoms with van der Waals surface area (Å²) in [5.41, 5.74) is 0.879. The second-order valence-corrected chi connectivity index (χ2v) is 6.79. The number of benzene rings is 2. The van der Waals surface area contributed by atoms with Crippen LogP contribution in [0.25, 0.3) is 0 Å². The average Bonchev–Trinajstić information content (AvgIpc) is 2.59. The van der Waals surface area contributed by atoms with E-state index in [9.17, 15) is 9.18 Å². The normalized spacial score (nSPS) is 17.5. The van der Waals surface area contributed by atoms with Gasteiger partial charge in [0.1, 0.15) is 19.0 Å². The van der Waals surface area contributed by atoms with Crippen LogP contribution < -0.4 is 14.8 Å². The van der Waals surface area contributed by atoms with Crippen LogP contribution in [-0.2, 0) is 5.54 Å². The predicted octanol–water partition coefficient (Wildman–Crippen LogP) is 4.06. The van der Waals surface area contributed by atoms with E-state index in [1.165, 1.54) is 12.1 Å². The molecule has 4 nitrogen and oxygen atoms in total. The number of rotatable bonds is 3. The van der Waals surface area contributed by atoms with E-state index in [1.807, 2.05) is 0 Å². The Morgan fingerprint density at radius 3 is 2.52 bits per heavy atom. The second-order valence-electron chi connectivity index (χ2n) is 6.38. The Labute approximate surface area is 149 Å². The molecule has 2 aromatic carbocycles. The molecule has 1 saturated carbocycles. The standard InChI is InChI=1S/C19H17ClFNO3/c20-15-10-12(11-16-17(15)25-9-8-24-16)18(23)22-19(6-1-7-19)13-2-4-14(21)5-3-13/h2-5,10-11H,1,6-9H2,(H,22,23). The van der Waals surface area contributed by atoms with Gasteiger partial charge in [-0.2, -0.15) is 0 Å². The lowest BCUT2D eigenvalue weighted by atomic mass is 9.71. The van der Waals surface area contributed by atoms with E-state index in [0.717, 1.165) is 24.8 Å². The largest absolute Gasteiger partial charge is 0.486 e. The molecule has 1 heterocycles. The average molecular weight is 362 g/mol. The molecular formula is C19H17ClFNO3. The smallest absolute Gasteiger partial charge is 0.252 e. The van der Waals surface area contributed by atoms with Crippen LogP contribution in [0.15, 0.2) is 36.4 Å². The summed E-state index contributed by atoms with van der Waals surface area (Å²) in [6.07, 6.45) is 2.66. The third-order valence-corrected chi connectivity index (χ3v) is 5.10. The summed E-state index contributed by atoms with van der Waals surface area (Å²) in [7, 11) is 0. The summed E-state index contributed by atoms with van der Waals surface area (Å²) in [4.78, 5) is 12.8. The van der Waals surface area contributed by atoms with Gasteiger partial charge in [-0.15, -0.1) is 0 Å². The quantitative estimate of drug-likeness (QED) is 0.896. The van der Waals surface area contributed by atoms with E-state index in [4.69, 9.17) is 21.1 Å². The fraction of sp³-hybridized carbons (Fsp3) is 0.316. The van der Waals surface area contributed by atoms with Crippen molar-refractivity contribution in [3.8, 4) is 11.5 Å². The van der Waals surface area contributed by atoms with Crippen LogP contribution in [0.2, 0.25) is 5.02 Å². The van der Waals surface area contributed by atoms with E-state index in [1.54, 1.807) is 24.3 Å². The monoisotopic (exact) mass is 361 g/mol. The van der Waals surface area contributed by atoms with Crippen molar-refractivity contribution < 1.29 is 18.7 Å². The van der Waals surface area contributed by atoms with Gasteiger partial charge < -0.3 is 14.8 Å². The first-order chi connectivity index (χ1) is 12.1. The Morgan fingerprint density at radius 1 is 1.12 bits per heavy atom. The highest BCUT2D eigenvalue weighted by atomic mass is 35.5. The van der Waals surface area contributed by atoms with Crippen molar-refractivity contribution in [2.75, 3.05) is 13.2 Å². The molecule has 25 heavy (non-hydrogen) atoms. The Morgan fingerprint density at radius 2 is 1.84 bits per heavy atom. The molecule has 130 valence electrons. The minimum Gasteiger partial charge on any atom is -0.486 e. The van der Waals surface area contributed by atoms with E-state index < -0.39 is 5.54 Å². The zero-order valence-corrected chi connectivity index (χ0v) is 14.2. The number of fused-ring (bicyclic) bond motifs is 1. The van der Waals surface area contributed by atoms with Gasteiger partial charge in [-0.3, -0.25) is 4.79 Å². The van der Waals surface area contributed by atoms with E-state index in [2.05, 4.69) is 5.32 Å². The van der Waals surface area contributed by atoms with Crippen molar-refractivity contribution >= 4 is 17.5 Å². The summed E-state index contributed by atoms with van der Waals surface area (Å²) in [5.74, 6) is 0.431. The lowest BCUT2D eigenvalue weighted by molar-refractivity contribution is 0.0822. The molecular weight excluding hydrogens is 345 g/mol. The summed E-state index contributed by atoms with van der Waals surface area (Å²) >= 11 is 6.22. The Hall–Kier alpha value is -2.27. The zero-order chi connectivity index (χ0) is 17.4. The molecule has 0 saturated heterocycles. The first kappa shape index (κ1) is 16.2. The van der Waals surface area contributed by atoms with Gasteiger partial charge in [0.2, 0.25) is 0 Å². The van der Waals surface area contributed by atoms with Crippen LogP contribution in [0.4, 0.5) is 4.39 Å². The van der Waals surface area contributed by atoms with Crippen LogP contribution in [0.3, 0.4) is 0 Å². The highest BCUT2D eigenvalue weighted by Gasteiger charge is 2.40. The van der Waals surface area contributed by atoms with Crippen molar-refractivity contribution in [1.82, 2.24) is 5.32 Å². The number of amides is 1.